The van der Waals surface area contributed by atoms with Crippen LogP contribution in [0.15, 0.2) is 45.7 Å². The molecule has 3 rings (SSSR count). The lowest BCUT2D eigenvalue weighted by Gasteiger charge is -2.34. The number of rotatable bonds is 4. The van der Waals surface area contributed by atoms with Crippen LogP contribution < -0.4 is 0 Å². The van der Waals surface area contributed by atoms with E-state index in [2.05, 4.69) is 13.8 Å². The van der Waals surface area contributed by atoms with E-state index in [0.29, 0.717) is 23.4 Å². The second kappa shape index (κ2) is 7.56. The molecular formula is C20H25NO3S. The minimum Gasteiger partial charge on any atom is -0.455 e. The van der Waals surface area contributed by atoms with Gasteiger partial charge in [0.15, 0.2) is 5.76 Å². The number of piperidine rings is 1. The lowest BCUT2D eigenvalue weighted by Crippen LogP contribution is -2.42. The zero-order valence-electron chi connectivity index (χ0n) is 15.0. The molecule has 1 aromatic carbocycles. The molecule has 5 heteroatoms. The number of likely N-dealkylation sites (tertiary alicyclic amines) is 1. The molecule has 0 spiro atoms. The maximum absolute atomic E-state index is 12.7. The zero-order chi connectivity index (χ0) is 18.0. The number of carbonyl (C=O) groups excluding carboxylic acids is 1. The number of hydrogen-bond donors (Lipinski definition) is 0. The fourth-order valence-corrected chi connectivity index (χ4v) is 4.80. The molecule has 3 atom stereocenters. The molecule has 1 amide bonds. The third kappa shape index (κ3) is 4.21. The van der Waals surface area contributed by atoms with Gasteiger partial charge < -0.3 is 9.32 Å². The molecule has 2 heterocycles. The van der Waals surface area contributed by atoms with Gasteiger partial charge in [-0.3, -0.25) is 9.00 Å². The van der Waals surface area contributed by atoms with Gasteiger partial charge >= 0.3 is 0 Å². The molecule has 0 aliphatic carbocycles. The molecule has 1 aromatic heterocycles. The lowest BCUT2D eigenvalue weighted by molar-refractivity contribution is 0.0590. The van der Waals surface area contributed by atoms with Crippen LogP contribution in [0.3, 0.4) is 0 Å². The highest BCUT2D eigenvalue weighted by atomic mass is 32.2. The number of nitrogens with zero attached hydrogens (tertiary/aromatic N) is 1. The van der Waals surface area contributed by atoms with Crippen LogP contribution in [-0.4, -0.2) is 28.1 Å². The first-order chi connectivity index (χ1) is 11.9. The van der Waals surface area contributed by atoms with Crippen molar-refractivity contribution in [2.75, 3.05) is 13.1 Å². The van der Waals surface area contributed by atoms with Crippen molar-refractivity contribution in [2.45, 2.75) is 37.8 Å². The molecule has 1 fully saturated rings. The standard InChI is InChI=1S/C20H25NO3S/c1-14-10-15(2)12-21(11-14)20(22)18-9-8-17(24-18)13-25(23)19-7-5-4-6-16(19)3/h4-9,14-15H,10-13H2,1-3H3/t14-,15-,25-/m0/s1. The van der Waals surface area contributed by atoms with Crippen LogP contribution in [0.2, 0.25) is 0 Å². The Labute approximate surface area is 151 Å². The SMILES string of the molecule is Cc1ccccc1[S@@](=O)Cc1ccc(C(=O)N2C[C@@H](C)C[C@H](C)C2)o1. The van der Waals surface area contributed by atoms with Gasteiger partial charge in [-0.2, -0.15) is 0 Å². The Morgan fingerprint density at radius 1 is 1.16 bits per heavy atom. The number of carbonyl (C=O) groups is 1. The van der Waals surface area contributed by atoms with E-state index in [0.717, 1.165) is 30.0 Å². The maximum atomic E-state index is 12.7. The molecule has 1 aliphatic rings. The predicted molar refractivity (Wildman–Crippen MR) is 98.8 cm³/mol. The highest BCUT2D eigenvalue weighted by Gasteiger charge is 2.27. The topological polar surface area (TPSA) is 50.5 Å². The Hall–Kier alpha value is -1.88. The highest BCUT2D eigenvalue weighted by molar-refractivity contribution is 7.84. The number of hydrogen-bond acceptors (Lipinski definition) is 3. The number of amides is 1. The van der Waals surface area contributed by atoms with Gasteiger partial charge in [-0.15, -0.1) is 0 Å². The van der Waals surface area contributed by atoms with E-state index in [1.165, 1.54) is 0 Å². The summed E-state index contributed by atoms with van der Waals surface area (Å²) in [5, 5.41) is 0. The molecule has 2 aromatic rings. The molecule has 4 nitrogen and oxygen atoms in total. The fourth-order valence-electron chi connectivity index (χ4n) is 3.57. The summed E-state index contributed by atoms with van der Waals surface area (Å²) < 4.78 is 18.3. The van der Waals surface area contributed by atoms with E-state index in [4.69, 9.17) is 4.42 Å². The van der Waals surface area contributed by atoms with Crippen LogP contribution in [-0.2, 0) is 16.6 Å². The van der Waals surface area contributed by atoms with Gasteiger partial charge in [-0.25, -0.2) is 0 Å². The third-order valence-electron chi connectivity index (χ3n) is 4.64. The predicted octanol–water partition coefficient (Wildman–Crippen LogP) is 4.01. The van der Waals surface area contributed by atoms with Gasteiger partial charge in [0.2, 0.25) is 0 Å². The minimum absolute atomic E-state index is 0.0636. The molecular weight excluding hydrogens is 334 g/mol. The average Bonchev–Trinajstić information content (AvgIpc) is 3.02. The van der Waals surface area contributed by atoms with Crippen molar-refractivity contribution in [3.63, 3.8) is 0 Å². The van der Waals surface area contributed by atoms with E-state index in [-0.39, 0.29) is 11.7 Å². The Balaban J connectivity index is 1.69. The summed E-state index contributed by atoms with van der Waals surface area (Å²) in [4.78, 5) is 15.4. The van der Waals surface area contributed by atoms with Crippen molar-refractivity contribution in [1.82, 2.24) is 4.90 Å². The number of furan rings is 1. The highest BCUT2D eigenvalue weighted by Crippen LogP contribution is 2.24. The summed E-state index contributed by atoms with van der Waals surface area (Å²) in [6.45, 7) is 7.84. The Morgan fingerprint density at radius 3 is 2.52 bits per heavy atom. The van der Waals surface area contributed by atoms with Crippen molar-refractivity contribution in [1.29, 1.82) is 0 Å². The fraction of sp³-hybridized carbons (Fsp3) is 0.450. The maximum Gasteiger partial charge on any atom is 0.289 e. The van der Waals surface area contributed by atoms with E-state index >= 15 is 0 Å². The summed E-state index contributed by atoms with van der Waals surface area (Å²) in [5.74, 6) is 2.17. The summed E-state index contributed by atoms with van der Waals surface area (Å²) >= 11 is 0. The molecule has 0 bridgehead atoms. The Morgan fingerprint density at radius 2 is 1.84 bits per heavy atom. The van der Waals surface area contributed by atoms with Crippen molar-refractivity contribution in [3.8, 4) is 0 Å². The van der Waals surface area contributed by atoms with E-state index in [9.17, 15) is 9.00 Å². The largest absolute Gasteiger partial charge is 0.455 e. The van der Waals surface area contributed by atoms with Crippen LogP contribution in [0.25, 0.3) is 0 Å². The first-order valence-corrected chi connectivity index (χ1v) is 10.1. The number of benzene rings is 1. The molecule has 0 N–H and O–H groups in total. The molecule has 1 saturated heterocycles. The monoisotopic (exact) mass is 359 g/mol. The summed E-state index contributed by atoms with van der Waals surface area (Å²) in [7, 11) is -1.18. The van der Waals surface area contributed by atoms with Crippen LogP contribution in [0.4, 0.5) is 0 Å². The quantitative estimate of drug-likeness (QED) is 0.829. The van der Waals surface area contributed by atoms with Crippen molar-refractivity contribution >= 4 is 16.7 Å². The van der Waals surface area contributed by atoms with E-state index < -0.39 is 10.8 Å². The van der Waals surface area contributed by atoms with Gasteiger partial charge in [-0.1, -0.05) is 32.0 Å². The van der Waals surface area contributed by atoms with E-state index in [1.54, 1.807) is 12.1 Å². The molecule has 25 heavy (non-hydrogen) atoms. The minimum atomic E-state index is -1.18. The second-order valence-corrected chi connectivity index (χ2v) is 8.60. The second-order valence-electron chi connectivity index (χ2n) is 7.18. The smallest absolute Gasteiger partial charge is 0.289 e. The average molecular weight is 359 g/mol. The summed E-state index contributed by atoms with van der Waals surface area (Å²) in [5.41, 5.74) is 1.000. The van der Waals surface area contributed by atoms with Gasteiger partial charge in [0, 0.05) is 18.0 Å². The van der Waals surface area contributed by atoms with Crippen molar-refractivity contribution in [3.05, 3.63) is 53.5 Å². The molecule has 0 unspecified atom stereocenters. The number of aryl methyl sites for hydroxylation is 1. The van der Waals surface area contributed by atoms with Gasteiger partial charge in [0.1, 0.15) is 5.76 Å². The van der Waals surface area contributed by atoms with E-state index in [1.807, 2.05) is 36.1 Å². The summed E-state index contributed by atoms with van der Waals surface area (Å²) in [6.07, 6.45) is 1.16. The molecule has 0 radical (unpaired) electrons. The van der Waals surface area contributed by atoms with Crippen LogP contribution in [0, 0.1) is 18.8 Å². The first kappa shape index (κ1) is 17.9. The molecule has 134 valence electrons. The van der Waals surface area contributed by atoms with Crippen molar-refractivity contribution in [2.24, 2.45) is 11.8 Å². The summed E-state index contributed by atoms with van der Waals surface area (Å²) in [6, 6.07) is 11.1. The third-order valence-corrected chi connectivity index (χ3v) is 6.14. The van der Waals surface area contributed by atoms with Gasteiger partial charge in [0.25, 0.3) is 5.91 Å². The first-order valence-electron chi connectivity index (χ1n) is 8.76. The molecule has 1 aliphatic heterocycles. The molecule has 0 saturated carbocycles. The van der Waals surface area contributed by atoms with Gasteiger partial charge in [0.05, 0.1) is 16.6 Å². The lowest BCUT2D eigenvalue weighted by atomic mass is 9.92. The van der Waals surface area contributed by atoms with Gasteiger partial charge in [-0.05, 0) is 48.9 Å². The zero-order valence-corrected chi connectivity index (χ0v) is 15.8. The van der Waals surface area contributed by atoms with Crippen LogP contribution >= 0.6 is 0 Å². The Bertz CT molecular complexity index is 773. The Kier molecular flexibility index (Phi) is 5.42. The normalized spacial score (nSPS) is 22.0. The van der Waals surface area contributed by atoms with Crippen molar-refractivity contribution < 1.29 is 13.4 Å². The van der Waals surface area contributed by atoms with Crippen LogP contribution in [0.1, 0.15) is 42.1 Å². The van der Waals surface area contributed by atoms with Crippen LogP contribution in [0.5, 0.6) is 0 Å².